The van der Waals surface area contributed by atoms with Crippen LogP contribution in [0, 0.1) is 18.2 Å². The highest BCUT2D eigenvalue weighted by atomic mass is 35.5. The molecule has 0 radical (unpaired) electrons. The van der Waals surface area contributed by atoms with Gasteiger partial charge in [0.15, 0.2) is 5.43 Å². The van der Waals surface area contributed by atoms with E-state index in [0.29, 0.717) is 53.1 Å². The lowest BCUT2D eigenvalue weighted by atomic mass is 9.86. The monoisotopic (exact) mass is 542 g/mol. The lowest BCUT2D eigenvalue weighted by Gasteiger charge is -2.32. The molecule has 1 aliphatic heterocycles. The van der Waals surface area contributed by atoms with Crippen molar-refractivity contribution in [1.82, 2.24) is 14.5 Å². The molecular weight excluding hydrogens is 507 g/mol. The number of carbonyl (C=O) groups is 1. The Bertz CT molecular complexity index is 1400. The molecule has 0 bridgehead atoms. The molecule has 1 fully saturated rings. The lowest BCUT2D eigenvalue weighted by molar-refractivity contribution is -0.127. The van der Waals surface area contributed by atoms with Gasteiger partial charge in [-0.15, -0.1) is 0 Å². The van der Waals surface area contributed by atoms with Gasteiger partial charge < -0.3 is 19.9 Å². The summed E-state index contributed by atoms with van der Waals surface area (Å²) < 4.78 is 16.7. The number of aliphatic hydroxyl groups is 1. The smallest absolute Gasteiger partial charge is 0.222 e. The molecule has 9 heteroatoms. The third-order valence-corrected chi connectivity index (χ3v) is 7.54. The van der Waals surface area contributed by atoms with Crippen LogP contribution in [0.25, 0.3) is 11.0 Å². The van der Waals surface area contributed by atoms with Crippen molar-refractivity contribution in [3.05, 3.63) is 68.2 Å². The number of halogens is 2. The molecule has 0 spiro atoms. The standard InChI is InChI=1S/C29H36ClFN4O3/c1-18-16-35(23(17-36)29(2,3)4)28-21(26(18)38)15-20(14-19-8-5-9-22(30)25(19)31)27(33-28)32-11-7-13-34-12-6-10-24(34)37/h5,8-9,15-16,23,36H,6-7,10-14,17H2,1-4H3,(H,32,33)/t23-/m1/s1. The lowest BCUT2D eigenvalue weighted by Crippen LogP contribution is -2.30. The number of aryl methyl sites for hydroxylation is 1. The number of hydrogen-bond acceptors (Lipinski definition) is 5. The fraction of sp³-hybridized carbons (Fsp3) is 0.483. The molecule has 7 nitrogen and oxygen atoms in total. The number of likely N-dealkylation sites (tertiary alicyclic amines) is 1. The average Bonchev–Trinajstić information content (AvgIpc) is 3.27. The fourth-order valence-corrected chi connectivity index (χ4v) is 5.26. The highest BCUT2D eigenvalue weighted by molar-refractivity contribution is 6.30. The van der Waals surface area contributed by atoms with Crippen molar-refractivity contribution in [3.63, 3.8) is 0 Å². The highest BCUT2D eigenvalue weighted by Crippen LogP contribution is 2.33. The molecule has 1 saturated heterocycles. The minimum Gasteiger partial charge on any atom is -0.394 e. The Balaban J connectivity index is 1.78. The van der Waals surface area contributed by atoms with Gasteiger partial charge in [-0.25, -0.2) is 9.37 Å². The normalized spacial score (nSPS) is 14.9. The van der Waals surface area contributed by atoms with Crippen LogP contribution >= 0.6 is 11.6 Å². The summed E-state index contributed by atoms with van der Waals surface area (Å²) in [6, 6.07) is 6.33. The molecule has 2 aromatic heterocycles. The zero-order valence-electron chi connectivity index (χ0n) is 22.5. The quantitative estimate of drug-likeness (QED) is 0.368. The Hall–Kier alpha value is -2.97. The minimum atomic E-state index is -0.498. The van der Waals surface area contributed by atoms with Crippen LogP contribution in [0.4, 0.5) is 10.2 Å². The van der Waals surface area contributed by atoms with Crippen LogP contribution in [-0.4, -0.2) is 51.7 Å². The van der Waals surface area contributed by atoms with Crippen molar-refractivity contribution in [1.29, 1.82) is 0 Å². The van der Waals surface area contributed by atoms with Gasteiger partial charge in [0.1, 0.15) is 17.3 Å². The van der Waals surface area contributed by atoms with Crippen LogP contribution in [0.3, 0.4) is 0 Å². The van der Waals surface area contributed by atoms with E-state index in [-0.39, 0.29) is 40.8 Å². The number of carbonyl (C=O) groups excluding carboxylic acids is 1. The minimum absolute atomic E-state index is 0.0372. The number of benzene rings is 1. The molecular formula is C29H36ClFN4O3. The summed E-state index contributed by atoms with van der Waals surface area (Å²) in [6.07, 6.45) is 4.16. The summed E-state index contributed by atoms with van der Waals surface area (Å²) in [5.74, 6) is 0.220. The van der Waals surface area contributed by atoms with E-state index in [1.807, 2.05) is 30.2 Å². The summed E-state index contributed by atoms with van der Waals surface area (Å²) in [5.41, 5.74) is 1.62. The number of aromatic nitrogens is 2. The topological polar surface area (TPSA) is 87.5 Å². The van der Waals surface area contributed by atoms with E-state index in [1.54, 1.807) is 31.3 Å². The van der Waals surface area contributed by atoms with Gasteiger partial charge in [0.05, 0.1) is 23.1 Å². The molecule has 1 amide bonds. The third kappa shape index (κ3) is 5.86. The summed E-state index contributed by atoms with van der Waals surface area (Å²) in [4.78, 5) is 32.0. The van der Waals surface area contributed by atoms with Crippen molar-refractivity contribution >= 4 is 34.4 Å². The molecule has 204 valence electrons. The summed E-state index contributed by atoms with van der Waals surface area (Å²) >= 11 is 6.04. The van der Waals surface area contributed by atoms with Crippen LogP contribution in [-0.2, 0) is 11.2 Å². The zero-order valence-corrected chi connectivity index (χ0v) is 23.2. The maximum atomic E-state index is 14.8. The molecule has 0 aliphatic carbocycles. The molecule has 38 heavy (non-hydrogen) atoms. The second-order valence-electron chi connectivity index (χ2n) is 11.1. The first kappa shape index (κ1) is 28.0. The highest BCUT2D eigenvalue weighted by Gasteiger charge is 2.28. The first-order valence-electron chi connectivity index (χ1n) is 13.1. The van der Waals surface area contributed by atoms with Gasteiger partial charge in [0, 0.05) is 44.2 Å². The molecule has 1 aliphatic rings. The van der Waals surface area contributed by atoms with E-state index in [0.717, 1.165) is 19.4 Å². The van der Waals surface area contributed by atoms with Crippen LogP contribution < -0.4 is 10.7 Å². The van der Waals surface area contributed by atoms with Gasteiger partial charge in [0.25, 0.3) is 0 Å². The number of nitrogens with one attached hydrogen (secondary N) is 1. The molecule has 1 atom stereocenters. The number of rotatable bonds is 9. The van der Waals surface area contributed by atoms with Gasteiger partial charge in [0.2, 0.25) is 5.91 Å². The summed E-state index contributed by atoms with van der Waals surface area (Å²) in [5, 5.41) is 14.1. The van der Waals surface area contributed by atoms with Crippen LogP contribution in [0.5, 0.6) is 0 Å². The van der Waals surface area contributed by atoms with Crippen molar-refractivity contribution in [2.24, 2.45) is 5.41 Å². The number of amides is 1. The van der Waals surface area contributed by atoms with E-state index in [1.165, 1.54) is 6.07 Å². The SMILES string of the molecule is Cc1cn([C@H](CO)C(C)(C)C)c2nc(NCCCN3CCCC3=O)c(Cc3cccc(Cl)c3F)cc2c1=O. The van der Waals surface area contributed by atoms with E-state index >= 15 is 0 Å². The van der Waals surface area contributed by atoms with E-state index < -0.39 is 5.82 Å². The van der Waals surface area contributed by atoms with Crippen LogP contribution in [0.15, 0.2) is 35.3 Å². The summed E-state index contributed by atoms with van der Waals surface area (Å²) in [6.45, 7) is 9.70. The van der Waals surface area contributed by atoms with Gasteiger partial charge in [-0.05, 0) is 48.4 Å². The fourth-order valence-electron chi connectivity index (χ4n) is 5.06. The number of nitrogens with zero attached hydrogens (tertiary/aromatic N) is 3. The molecule has 4 rings (SSSR count). The number of hydrogen-bond donors (Lipinski definition) is 2. The molecule has 3 heterocycles. The molecule has 1 aromatic carbocycles. The number of fused-ring (bicyclic) bond motifs is 1. The van der Waals surface area contributed by atoms with Gasteiger partial charge >= 0.3 is 0 Å². The average molecular weight is 543 g/mol. The molecule has 2 N–H and O–H groups in total. The predicted octanol–water partition coefficient (Wildman–Crippen LogP) is 5.09. The van der Waals surface area contributed by atoms with Crippen molar-refractivity contribution in [3.8, 4) is 0 Å². The molecule has 0 saturated carbocycles. The Labute approximate surface area is 227 Å². The Morgan fingerprint density at radius 1 is 1.24 bits per heavy atom. The van der Waals surface area contributed by atoms with Crippen LogP contribution in [0.2, 0.25) is 5.02 Å². The predicted molar refractivity (Wildman–Crippen MR) is 149 cm³/mol. The molecule has 0 unspecified atom stereocenters. The molecule has 3 aromatic rings. The number of anilines is 1. The summed E-state index contributed by atoms with van der Waals surface area (Å²) in [7, 11) is 0. The third-order valence-electron chi connectivity index (χ3n) is 7.25. The Morgan fingerprint density at radius 3 is 2.66 bits per heavy atom. The van der Waals surface area contributed by atoms with Gasteiger partial charge in [-0.3, -0.25) is 9.59 Å². The van der Waals surface area contributed by atoms with E-state index in [4.69, 9.17) is 16.6 Å². The second kappa shape index (κ2) is 11.4. The van der Waals surface area contributed by atoms with Gasteiger partial charge in [-0.1, -0.05) is 44.5 Å². The number of aliphatic hydroxyl groups excluding tert-OH is 1. The number of pyridine rings is 2. The zero-order chi connectivity index (χ0) is 27.6. The van der Waals surface area contributed by atoms with Crippen LogP contribution in [0.1, 0.15) is 62.8 Å². The first-order chi connectivity index (χ1) is 18.0. The van der Waals surface area contributed by atoms with Crippen molar-refractivity contribution in [2.45, 2.75) is 59.4 Å². The first-order valence-corrected chi connectivity index (χ1v) is 13.5. The van der Waals surface area contributed by atoms with Crippen molar-refractivity contribution < 1.29 is 14.3 Å². The van der Waals surface area contributed by atoms with Gasteiger partial charge in [-0.2, -0.15) is 0 Å². The second-order valence-corrected chi connectivity index (χ2v) is 11.5. The van der Waals surface area contributed by atoms with E-state index in [9.17, 15) is 19.1 Å². The Kier molecular flexibility index (Phi) is 8.43. The Morgan fingerprint density at radius 2 is 2.00 bits per heavy atom. The van der Waals surface area contributed by atoms with E-state index in [2.05, 4.69) is 5.32 Å². The largest absolute Gasteiger partial charge is 0.394 e. The maximum absolute atomic E-state index is 14.8. The van der Waals surface area contributed by atoms with Crippen molar-refractivity contribution in [2.75, 3.05) is 31.6 Å². The maximum Gasteiger partial charge on any atom is 0.222 e.